The summed E-state index contributed by atoms with van der Waals surface area (Å²) in [5.41, 5.74) is 0. The highest BCUT2D eigenvalue weighted by Crippen LogP contribution is 2.13. The smallest absolute Gasteiger partial charge is 0.216 e. The van der Waals surface area contributed by atoms with Gasteiger partial charge in [0.15, 0.2) is 0 Å². The molecule has 0 saturated carbocycles. The standard InChI is InChI=1S/C9H18N2O3S/c1-9(12)10-5-4-7-11-6-2-3-8-15(11,13)14/h2-8H2,1H3,(H,10,12). The van der Waals surface area contributed by atoms with Crippen LogP contribution in [-0.2, 0) is 14.8 Å². The number of sulfonamides is 1. The lowest BCUT2D eigenvalue weighted by molar-refractivity contribution is -0.118. The Morgan fingerprint density at radius 2 is 2.13 bits per heavy atom. The van der Waals surface area contributed by atoms with Crippen LogP contribution in [-0.4, -0.2) is 44.0 Å². The van der Waals surface area contributed by atoms with Crippen molar-refractivity contribution in [1.82, 2.24) is 9.62 Å². The molecule has 0 atom stereocenters. The van der Waals surface area contributed by atoms with Gasteiger partial charge in [-0.05, 0) is 19.3 Å². The van der Waals surface area contributed by atoms with E-state index >= 15 is 0 Å². The average Bonchev–Trinajstić information content (AvgIpc) is 2.13. The number of rotatable bonds is 4. The largest absolute Gasteiger partial charge is 0.356 e. The van der Waals surface area contributed by atoms with E-state index < -0.39 is 10.0 Å². The Balaban J connectivity index is 2.28. The van der Waals surface area contributed by atoms with Crippen LogP contribution in [0.1, 0.15) is 26.2 Å². The number of nitrogens with zero attached hydrogens (tertiary/aromatic N) is 1. The van der Waals surface area contributed by atoms with Gasteiger partial charge in [0.1, 0.15) is 0 Å². The summed E-state index contributed by atoms with van der Waals surface area (Å²) in [5.74, 6) is 0.198. The van der Waals surface area contributed by atoms with Crippen molar-refractivity contribution in [1.29, 1.82) is 0 Å². The molecule has 1 N–H and O–H groups in total. The second-order valence-electron chi connectivity index (χ2n) is 3.76. The summed E-state index contributed by atoms with van der Waals surface area (Å²) < 4.78 is 24.6. The first-order chi connectivity index (χ1) is 7.02. The second kappa shape index (κ2) is 5.46. The highest BCUT2D eigenvalue weighted by molar-refractivity contribution is 7.89. The molecule has 6 heteroatoms. The van der Waals surface area contributed by atoms with Crippen LogP contribution in [0.2, 0.25) is 0 Å². The minimum absolute atomic E-state index is 0.0727. The first-order valence-electron chi connectivity index (χ1n) is 5.24. The topological polar surface area (TPSA) is 66.5 Å². The molecule has 1 heterocycles. The molecule has 0 aromatic heterocycles. The third-order valence-electron chi connectivity index (χ3n) is 2.41. The predicted octanol–water partition coefficient (Wildman–Crippen LogP) is -0.0618. The third-order valence-corrected chi connectivity index (χ3v) is 4.37. The van der Waals surface area contributed by atoms with Crippen LogP contribution in [0, 0.1) is 0 Å². The van der Waals surface area contributed by atoms with Crippen molar-refractivity contribution in [3.63, 3.8) is 0 Å². The lowest BCUT2D eigenvalue weighted by atomic mass is 10.3. The molecule has 0 unspecified atom stereocenters. The number of hydrogen-bond acceptors (Lipinski definition) is 3. The maximum absolute atomic E-state index is 11.5. The molecule has 1 saturated heterocycles. The Morgan fingerprint density at radius 1 is 1.40 bits per heavy atom. The Morgan fingerprint density at radius 3 is 2.73 bits per heavy atom. The molecule has 0 spiro atoms. The van der Waals surface area contributed by atoms with Gasteiger partial charge >= 0.3 is 0 Å². The molecular formula is C9H18N2O3S. The normalized spacial score (nSPS) is 21.1. The molecule has 15 heavy (non-hydrogen) atoms. The van der Waals surface area contributed by atoms with Gasteiger partial charge in [-0.2, -0.15) is 0 Å². The minimum Gasteiger partial charge on any atom is -0.356 e. The molecule has 1 aliphatic rings. The molecule has 0 aromatic carbocycles. The molecule has 0 radical (unpaired) electrons. The fourth-order valence-electron chi connectivity index (χ4n) is 1.61. The molecule has 5 nitrogen and oxygen atoms in total. The Labute approximate surface area is 90.9 Å². The average molecular weight is 234 g/mol. The van der Waals surface area contributed by atoms with Crippen molar-refractivity contribution in [2.75, 3.05) is 25.4 Å². The predicted molar refractivity (Wildman–Crippen MR) is 57.9 cm³/mol. The minimum atomic E-state index is -3.00. The number of carbonyl (C=O) groups is 1. The maximum Gasteiger partial charge on any atom is 0.216 e. The van der Waals surface area contributed by atoms with Gasteiger partial charge in [-0.25, -0.2) is 12.7 Å². The van der Waals surface area contributed by atoms with Crippen molar-refractivity contribution in [3.8, 4) is 0 Å². The fourth-order valence-corrected chi connectivity index (χ4v) is 3.25. The van der Waals surface area contributed by atoms with Crippen LogP contribution >= 0.6 is 0 Å². The van der Waals surface area contributed by atoms with Crippen LogP contribution in [0.25, 0.3) is 0 Å². The highest BCUT2D eigenvalue weighted by atomic mass is 32.2. The van der Waals surface area contributed by atoms with Crippen molar-refractivity contribution in [2.24, 2.45) is 0 Å². The molecule has 1 amide bonds. The van der Waals surface area contributed by atoms with Gasteiger partial charge in [-0.15, -0.1) is 0 Å². The van der Waals surface area contributed by atoms with Gasteiger partial charge in [0, 0.05) is 26.6 Å². The van der Waals surface area contributed by atoms with Crippen LogP contribution in [0.4, 0.5) is 0 Å². The molecule has 0 bridgehead atoms. The molecule has 1 aliphatic heterocycles. The molecule has 0 aliphatic carbocycles. The third kappa shape index (κ3) is 4.17. The van der Waals surface area contributed by atoms with E-state index in [9.17, 15) is 13.2 Å². The Kier molecular flexibility index (Phi) is 4.53. The molecule has 0 aromatic rings. The Hall–Kier alpha value is -0.620. The van der Waals surface area contributed by atoms with Crippen molar-refractivity contribution < 1.29 is 13.2 Å². The summed E-state index contributed by atoms with van der Waals surface area (Å²) in [6.07, 6.45) is 2.39. The van der Waals surface area contributed by atoms with Crippen LogP contribution < -0.4 is 5.32 Å². The fraction of sp³-hybridized carbons (Fsp3) is 0.889. The highest BCUT2D eigenvalue weighted by Gasteiger charge is 2.24. The van der Waals surface area contributed by atoms with Crippen molar-refractivity contribution >= 4 is 15.9 Å². The number of amides is 1. The van der Waals surface area contributed by atoms with Gasteiger partial charge in [-0.3, -0.25) is 4.79 Å². The zero-order chi connectivity index (χ0) is 11.3. The van der Waals surface area contributed by atoms with Gasteiger partial charge in [0.2, 0.25) is 15.9 Å². The van der Waals surface area contributed by atoms with E-state index in [1.54, 1.807) is 0 Å². The van der Waals surface area contributed by atoms with Crippen molar-refractivity contribution in [3.05, 3.63) is 0 Å². The van der Waals surface area contributed by atoms with Crippen LogP contribution in [0.15, 0.2) is 0 Å². The van der Waals surface area contributed by atoms with E-state index in [1.165, 1.54) is 11.2 Å². The zero-order valence-electron chi connectivity index (χ0n) is 9.03. The molecule has 1 rings (SSSR count). The van der Waals surface area contributed by atoms with E-state index in [0.29, 0.717) is 26.1 Å². The summed E-state index contributed by atoms with van der Waals surface area (Å²) in [5, 5.41) is 2.65. The SMILES string of the molecule is CC(=O)NCCCN1CCCCS1(=O)=O. The van der Waals surface area contributed by atoms with Crippen LogP contribution in [0.5, 0.6) is 0 Å². The number of hydrogen-bond donors (Lipinski definition) is 1. The molecule has 1 fully saturated rings. The van der Waals surface area contributed by atoms with E-state index in [1.807, 2.05) is 0 Å². The second-order valence-corrected chi connectivity index (χ2v) is 5.85. The number of carbonyl (C=O) groups excluding carboxylic acids is 1. The first kappa shape index (κ1) is 12.4. The summed E-state index contributed by atoms with van der Waals surface area (Å²) >= 11 is 0. The quantitative estimate of drug-likeness (QED) is 0.693. The summed E-state index contributed by atoms with van der Waals surface area (Å²) in [6, 6.07) is 0. The van der Waals surface area contributed by atoms with E-state index in [2.05, 4.69) is 5.32 Å². The lowest BCUT2D eigenvalue weighted by Crippen LogP contribution is -2.39. The monoisotopic (exact) mass is 234 g/mol. The van der Waals surface area contributed by atoms with Gasteiger partial charge in [0.25, 0.3) is 0 Å². The lowest BCUT2D eigenvalue weighted by Gasteiger charge is -2.26. The molecular weight excluding hydrogens is 216 g/mol. The van der Waals surface area contributed by atoms with E-state index in [-0.39, 0.29) is 11.7 Å². The zero-order valence-corrected chi connectivity index (χ0v) is 9.85. The summed E-state index contributed by atoms with van der Waals surface area (Å²) in [7, 11) is -3.00. The maximum atomic E-state index is 11.5. The summed E-state index contributed by atoms with van der Waals surface area (Å²) in [6.45, 7) is 3.14. The van der Waals surface area contributed by atoms with Gasteiger partial charge in [0.05, 0.1) is 5.75 Å². The van der Waals surface area contributed by atoms with Gasteiger partial charge in [-0.1, -0.05) is 0 Å². The Bertz CT molecular complexity index is 313. The van der Waals surface area contributed by atoms with E-state index in [4.69, 9.17) is 0 Å². The first-order valence-corrected chi connectivity index (χ1v) is 6.85. The van der Waals surface area contributed by atoms with Crippen LogP contribution in [0.3, 0.4) is 0 Å². The molecule has 88 valence electrons. The van der Waals surface area contributed by atoms with E-state index in [0.717, 1.165) is 12.8 Å². The van der Waals surface area contributed by atoms with Gasteiger partial charge < -0.3 is 5.32 Å². The summed E-state index contributed by atoms with van der Waals surface area (Å²) in [4.78, 5) is 10.6. The van der Waals surface area contributed by atoms with Crippen molar-refractivity contribution in [2.45, 2.75) is 26.2 Å². The number of nitrogens with one attached hydrogen (secondary N) is 1.